The second-order valence-electron chi connectivity index (χ2n) is 6.42. The van der Waals surface area contributed by atoms with E-state index in [0.717, 1.165) is 5.56 Å². The number of ketones is 2. The van der Waals surface area contributed by atoms with Crippen molar-refractivity contribution in [1.82, 2.24) is 4.40 Å². The molecule has 0 spiro atoms. The van der Waals surface area contributed by atoms with Crippen molar-refractivity contribution >= 4 is 28.1 Å². The van der Waals surface area contributed by atoms with Gasteiger partial charge in [0, 0.05) is 11.6 Å². The van der Waals surface area contributed by atoms with Crippen LogP contribution in [0.1, 0.15) is 20.7 Å². The summed E-state index contributed by atoms with van der Waals surface area (Å²) in [5.41, 5.74) is 3.41. The fourth-order valence-corrected chi connectivity index (χ4v) is 3.86. The van der Waals surface area contributed by atoms with E-state index in [9.17, 15) is 14.4 Å². The van der Waals surface area contributed by atoms with E-state index in [1.807, 2.05) is 30.3 Å². The van der Waals surface area contributed by atoms with Crippen LogP contribution in [0.4, 0.5) is 0 Å². The molecule has 1 aliphatic carbocycles. The van der Waals surface area contributed by atoms with E-state index in [1.165, 1.54) is 19.3 Å². The highest BCUT2D eigenvalue weighted by Crippen LogP contribution is 2.37. The fraction of sp³-hybridized carbons (Fsp3) is 0.0455. The normalized spacial score (nSPS) is 13.9. The Kier molecular flexibility index (Phi) is 3.09. The molecule has 27 heavy (non-hydrogen) atoms. The number of nitrogens with zero attached hydrogens (tertiary/aromatic N) is 1. The first-order valence-corrected chi connectivity index (χ1v) is 8.45. The zero-order valence-corrected chi connectivity index (χ0v) is 14.4. The molecule has 0 atom stereocenters. The number of rotatable bonds is 2. The molecule has 1 aromatic carbocycles. The number of hydrogen-bond acceptors (Lipinski definition) is 4. The second-order valence-corrected chi connectivity index (χ2v) is 6.42. The van der Waals surface area contributed by atoms with E-state index in [4.69, 9.17) is 4.74 Å². The average molecular weight is 355 g/mol. The molecule has 1 aliphatic rings. The molecular weight excluding hydrogens is 342 g/mol. The van der Waals surface area contributed by atoms with Crippen molar-refractivity contribution in [3.63, 3.8) is 0 Å². The number of allylic oxidation sites excluding steroid dienone is 2. The highest BCUT2D eigenvalue weighted by atomic mass is 16.5. The van der Waals surface area contributed by atoms with Crippen LogP contribution < -0.4 is 5.43 Å². The van der Waals surface area contributed by atoms with E-state index < -0.39 is 0 Å². The third-order valence-electron chi connectivity index (χ3n) is 5.00. The van der Waals surface area contributed by atoms with Crippen molar-refractivity contribution in [1.29, 1.82) is 0 Å². The number of carbonyl (C=O) groups is 2. The molecule has 5 nitrogen and oxygen atoms in total. The summed E-state index contributed by atoms with van der Waals surface area (Å²) < 4.78 is 6.82. The summed E-state index contributed by atoms with van der Waals surface area (Å²) in [6.45, 7) is 0. The van der Waals surface area contributed by atoms with E-state index >= 15 is 0 Å². The van der Waals surface area contributed by atoms with Crippen molar-refractivity contribution < 1.29 is 14.3 Å². The number of pyridine rings is 2. The van der Waals surface area contributed by atoms with E-state index in [-0.39, 0.29) is 28.3 Å². The molecule has 0 aliphatic heterocycles. The molecule has 0 N–H and O–H groups in total. The van der Waals surface area contributed by atoms with Crippen molar-refractivity contribution in [2.75, 3.05) is 7.11 Å². The Balaban J connectivity index is 2.04. The SMILES string of the molecule is COC1=CC(=O)c2c(c3cccc4c(=O)cc(-c5ccccc5)c2n34)C1=O. The average Bonchev–Trinajstić information content (AvgIpc) is 3.05. The Morgan fingerprint density at radius 2 is 1.59 bits per heavy atom. The summed E-state index contributed by atoms with van der Waals surface area (Å²) in [7, 11) is 1.36. The first-order chi connectivity index (χ1) is 13.1. The maximum absolute atomic E-state index is 12.9. The van der Waals surface area contributed by atoms with Gasteiger partial charge < -0.3 is 9.14 Å². The molecule has 0 unspecified atom stereocenters. The molecule has 0 saturated heterocycles. The van der Waals surface area contributed by atoms with Gasteiger partial charge in [-0.3, -0.25) is 14.4 Å². The number of Topliss-reactive ketones (excluding diaryl/α,β-unsaturated/α-hetero) is 1. The van der Waals surface area contributed by atoms with Gasteiger partial charge >= 0.3 is 0 Å². The van der Waals surface area contributed by atoms with Gasteiger partial charge in [-0.05, 0) is 23.8 Å². The highest BCUT2D eigenvalue weighted by molar-refractivity contribution is 6.30. The van der Waals surface area contributed by atoms with Gasteiger partial charge in [0.25, 0.3) is 0 Å². The number of carbonyl (C=O) groups excluding carboxylic acids is 2. The van der Waals surface area contributed by atoms with Gasteiger partial charge in [0.2, 0.25) is 11.2 Å². The van der Waals surface area contributed by atoms with Crippen LogP contribution in [-0.4, -0.2) is 23.1 Å². The molecule has 0 fully saturated rings. The molecule has 0 bridgehead atoms. The third-order valence-corrected chi connectivity index (χ3v) is 5.00. The topological polar surface area (TPSA) is 64.8 Å². The number of ether oxygens (including phenoxy) is 1. The van der Waals surface area contributed by atoms with Crippen LogP contribution in [0, 0.1) is 0 Å². The van der Waals surface area contributed by atoms with Crippen LogP contribution in [0.2, 0.25) is 0 Å². The minimum absolute atomic E-state index is 0.00719. The molecule has 0 radical (unpaired) electrons. The predicted molar refractivity (Wildman–Crippen MR) is 102 cm³/mol. The zero-order chi connectivity index (χ0) is 18.7. The van der Waals surface area contributed by atoms with Gasteiger partial charge in [-0.1, -0.05) is 36.4 Å². The first kappa shape index (κ1) is 15.5. The quantitative estimate of drug-likeness (QED) is 0.552. The van der Waals surface area contributed by atoms with Crippen LogP contribution in [-0.2, 0) is 4.74 Å². The number of hydrogen-bond donors (Lipinski definition) is 0. The molecular formula is C22H13NO4. The Labute approximate surface area is 153 Å². The van der Waals surface area contributed by atoms with E-state index in [0.29, 0.717) is 27.7 Å². The number of aromatic nitrogens is 1. The Morgan fingerprint density at radius 3 is 2.33 bits per heavy atom. The predicted octanol–water partition coefficient (Wildman–Crippen LogP) is 3.47. The minimum atomic E-state index is -0.352. The van der Waals surface area contributed by atoms with E-state index in [2.05, 4.69) is 0 Å². The molecule has 4 aromatic rings. The van der Waals surface area contributed by atoms with Crippen LogP contribution >= 0.6 is 0 Å². The molecule has 0 amide bonds. The number of fused-ring (bicyclic) bond motifs is 3. The maximum Gasteiger partial charge on any atom is 0.230 e. The summed E-state index contributed by atoms with van der Waals surface area (Å²) in [6, 6.07) is 16.1. The lowest BCUT2D eigenvalue weighted by molar-refractivity contribution is 0.0919. The van der Waals surface area contributed by atoms with Crippen molar-refractivity contribution in [2.45, 2.75) is 0 Å². The van der Waals surface area contributed by atoms with Gasteiger partial charge in [-0.25, -0.2) is 0 Å². The molecule has 5 rings (SSSR count). The smallest absolute Gasteiger partial charge is 0.230 e. The standard InChI is InChI=1S/C22H13NO4/c1-27-18-11-17(25)20-19(22(18)26)15-9-5-8-14-16(24)10-13(21(20)23(14)15)12-6-3-2-4-7-12/h2-11H,1H3. The summed E-state index contributed by atoms with van der Waals surface area (Å²) in [5.74, 6) is -0.648. The van der Waals surface area contributed by atoms with Crippen molar-refractivity contribution in [3.8, 4) is 11.1 Å². The number of benzene rings is 1. The van der Waals surface area contributed by atoms with Crippen molar-refractivity contribution in [2.24, 2.45) is 0 Å². The monoisotopic (exact) mass is 355 g/mol. The first-order valence-electron chi connectivity index (χ1n) is 8.45. The largest absolute Gasteiger partial charge is 0.492 e. The molecule has 3 heterocycles. The van der Waals surface area contributed by atoms with Crippen LogP contribution in [0.3, 0.4) is 0 Å². The Hall–Kier alpha value is -3.73. The second kappa shape index (κ2) is 5.38. The lowest BCUT2D eigenvalue weighted by Gasteiger charge is -2.11. The van der Waals surface area contributed by atoms with E-state index in [1.54, 1.807) is 22.6 Å². The Bertz CT molecular complexity index is 1350. The third kappa shape index (κ3) is 1.96. The van der Waals surface area contributed by atoms with Crippen molar-refractivity contribution in [3.05, 3.63) is 87.8 Å². The van der Waals surface area contributed by atoms with Gasteiger partial charge in [-0.15, -0.1) is 0 Å². The molecule has 5 heteroatoms. The van der Waals surface area contributed by atoms with Gasteiger partial charge in [-0.2, -0.15) is 0 Å². The molecule has 3 aromatic heterocycles. The maximum atomic E-state index is 12.9. The molecule has 130 valence electrons. The summed E-state index contributed by atoms with van der Waals surface area (Å²) in [6.07, 6.45) is 1.22. The van der Waals surface area contributed by atoms with Gasteiger partial charge in [0.1, 0.15) is 0 Å². The summed E-state index contributed by atoms with van der Waals surface area (Å²) in [5, 5.41) is 0. The fourth-order valence-electron chi connectivity index (χ4n) is 3.86. The van der Waals surface area contributed by atoms with Crippen LogP contribution in [0.25, 0.3) is 27.7 Å². The van der Waals surface area contributed by atoms with Gasteiger partial charge in [0.15, 0.2) is 11.5 Å². The molecule has 0 saturated carbocycles. The Morgan fingerprint density at radius 1 is 0.852 bits per heavy atom. The van der Waals surface area contributed by atoms with Crippen LogP contribution in [0.15, 0.2) is 71.2 Å². The van der Waals surface area contributed by atoms with Crippen LogP contribution in [0.5, 0.6) is 0 Å². The van der Waals surface area contributed by atoms with Gasteiger partial charge in [0.05, 0.1) is 34.8 Å². The highest BCUT2D eigenvalue weighted by Gasteiger charge is 2.34. The minimum Gasteiger partial charge on any atom is -0.492 e. The summed E-state index contributed by atoms with van der Waals surface area (Å²) >= 11 is 0. The summed E-state index contributed by atoms with van der Waals surface area (Å²) in [4.78, 5) is 38.6. The zero-order valence-electron chi connectivity index (χ0n) is 14.4. The lowest BCUT2D eigenvalue weighted by atomic mass is 9.93. The number of methoxy groups -OCH3 is 1. The lowest BCUT2D eigenvalue weighted by Crippen LogP contribution is -2.16.